The Morgan fingerprint density at radius 2 is 1.96 bits per heavy atom. The molecule has 6 nitrogen and oxygen atoms in total. The fourth-order valence-corrected chi connectivity index (χ4v) is 2.78. The van der Waals surface area contributed by atoms with Crippen molar-refractivity contribution >= 4 is 29.1 Å². The van der Waals surface area contributed by atoms with Crippen LogP contribution in [0.1, 0.15) is 6.92 Å². The number of fused-ring (bicyclic) bond motifs is 1. The molecule has 1 aliphatic heterocycles. The van der Waals surface area contributed by atoms with E-state index in [1.807, 2.05) is 6.07 Å². The number of hydrogen-bond donors (Lipinski definition) is 1. The minimum atomic E-state index is -0.760. The molecule has 2 aromatic carbocycles. The first kappa shape index (κ1) is 18.1. The molecule has 0 saturated heterocycles. The molecule has 0 unspecified atom stereocenters. The Hall–Kier alpha value is -2.73. The predicted molar refractivity (Wildman–Crippen MR) is 98.8 cm³/mol. The van der Waals surface area contributed by atoms with E-state index in [0.29, 0.717) is 35.4 Å². The van der Waals surface area contributed by atoms with Crippen LogP contribution in [0.2, 0.25) is 5.02 Å². The standard InChI is InChI=1S/C19H19ClN2O4/c1-13(23)22-12-18(26-17-5-3-2-4-16(17)22)19(24)21-10-11-25-15-8-6-14(20)7-9-15/h2-9,18H,10-12H2,1H3,(H,21,24)/t18-/m1/s1. The number of amides is 2. The summed E-state index contributed by atoms with van der Waals surface area (Å²) in [5.41, 5.74) is 0.676. The Balaban J connectivity index is 1.53. The van der Waals surface area contributed by atoms with Crippen molar-refractivity contribution in [2.75, 3.05) is 24.6 Å². The van der Waals surface area contributed by atoms with Gasteiger partial charge in [0, 0.05) is 11.9 Å². The van der Waals surface area contributed by atoms with Gasteiger partial charge in [-0.1, -0.05) is 23.7 Å². The van der Waals surface area contributed by atoms with Crippen molar-refractivity contribution in [1.29, 1.82) is 0 Å². The summed E-state index contributed by atoms with van der Waals surface area (Å²) < 4.78 is 11.3. The van der Waals surface area contributed by atoms with E-state index in [1.165, 1.54) is 6.92 Å². The van der Waals surface area contributed by atoms with Crippen LogP contribution >= 0.6 is 11.6 Å². The topological polar surface area (TPSA) is 67.9 Å². The van der Waals surface area contributed by atoms with E-state index in [-0.39, 0.29) is 18.4 Å². The first-order valence-electron chi connectivity index (χ1n) is 8.24. The average molecular weight is 375 g/mol. The lowest BCUT2D eigenvalue weighted by atomic mass is 10.1. The zero-order valence-electron chi connectivity index (χ0n) is 14.3. The number of anilines is 1. The van der Waals surface area contributed by atoms with E-state index in [1.54, 1.807) is 47.4 Å². The largest absolute Gasteiger partial charge is 0.492 e. The predicted octanol–water partition coefficient (Wildman–Crippen LogP) is 2.65. The lowest BCUT2D eigenvalue weighted by molar-refractivity contribution is -0.128. The summed E-state index contributed by atoms with van der Waals surface area (Å²) in [5, 5.41) is 3.41. The van der Waals surface area contributed by atoms with Crippen molar-refractivity contribution in [2.45, 2.75) is 13.0 Å². The van der Waals surface area contributed by atoms with Crippen molar-refractivity contribution in [3.8, 4) is 11.5 Å². The monoisotopic (exact) mass is 374 g/mol. The highest BCUT2D eigenvalue weighted by Gasteiger charge is 2.32. The van der Waals surface area contributed by atoms with Gasteiger partial charge in [0.2, 0.25) is 5.91 Å². The van der Waals surface area contributed by atoms with Crippen molar-refractivity contribution < 1.29 is 19.1 Å². The number of carbonyl (C=O) groups excluding carboxylic acids is 2. The van der Waals surface area contributed by atoms with Crippen molar-refractivity contribution in [3.63, 3.8) is 0 Å². The third kappa shape index (κ3) is 4.26. The highest BCUT2D eigenvalue weighted by molar-refractivity contribution is 6.30. The summed E-state index contributed by atoms with van der Waals surface area (Å²) in [6.45, 7) is 2.28. The normalized spacial score (nSPS) is 15.6. The molecule has 2 amide bonds. The van der Waals surface area contributed by atoms with Crippen molar-refractivity contribution in [2.24, 2.45) is 0 Å². The zero-order valence-corrected chi connectivity index (χ0v) is 15.0. The molecule has 1 atom stereocenters. The number of nitrogens with one attached hydrogen (secondary N) is 1. The molecule has 0 fully saturated rings. The molecule has 0 saturated carbocycles. The fourth-order valence-electron chi connectivity index (χ4n) is 2.66. The van der Waals surface area contributed by atoms with Gasteiger partial charge >= 0.3 is 0 Å². The second-order valence-corrected chi connectivity index (χ2v) is 6.23. The molecule has 0 radical (unpaired) electrons. The number of halogens is 1. The van der Waals surface area contributed by atoms with Crippen LogP contribution in [0, 0.1) is 0 Å². The van der Waals surface area contributed by atoms with Gasteiger partial charge in [-0.2, -0.15) is 0 Å². The van der Waals surface area contributed by atoms with E-state index in [9.17, 15) is 9.59 Å². The maximum Gasteiger partial charge on any atom is 0.263 e. The lowest BCUT2D eigenvalue weighted by Crippen LogP contribution is -2.50. The molecule has 1 heterocycles. The van der Waals surface area contributed by atoms with Crippen LogP contribution in [0.4, 0.5) is 5.69 Å². The number of carbonyl (C=O) groups is 2. The van der Waals surface area contributed by atoms with E-state index >= 15 is 0 Å². The van der Waals surface area contributed by atoms with Gasteiger partial charge < -0.3 is 19.7 Å². The van der Waals surface area contributed by atoms with Gasteiger partial charge in [0.25, 0.3) is 5.91 Å². The number of nitrogens with zero attached hydrogens (tertiary/aromatic N) is 1. The fraction of sp³-hybridized carbons (Fsp3) is 0.263. The molecule has 3 rings (SSSR count). The summed E-state index contributed by atoms with van der Waals surface area (Å²) in [7, 11) is 0. The van der Waals surface area contributed by atoms with Crippen LogP contribution in [-0.2, 0) is 9.59 Å². The Bertz CT molecular complexity index is 794. The van der Waals surface area contributed by atoms with Gasteiger partial charge in [-0.25, -0.2) is 0 Å². The molecule has 0 aliphatic carbocycles. The lowest BCUT2D eigenvalue weighted by Gasteiger charge is -2.33. The molecule has 1 N–H and O–H groups in total. The maximum absolute atomic E-state index is 12.4. The van der Waals surface area contributed by atoms with Crippen LogP contribution in [0.3, 0.4) is 0 Å². The van der Waals surface area contributed by atoms with Gasteiger partial charge in [-0.3, -0.25) is 9.59 Å². The van der Waals surface area contributed by atoms with Crippen LogP contribution in [0.25, 0.3) is 0 Å². The Morgan fingerprint density at radius 3 is 2.69 bits per heavy atom. The van der Waals surface area contributed by atoms with Gasteiger partial charge in [0.1, 0.15) is 18.1 Å². The van der Waals surface area contributed by atoms with Crippen LogP contribution in [0.5, 0.6) is 11.5 Å². The SMILES string of the molecule is CC(=O)N1C[C@H](C(=O)NCCOc2ccc(Cl)cc2)Oc2ccccc21. The second-order valence-electron chi connectivity index (χ2n) is 5.80. The molecule has 0 bridgehead atoms. The number of hydrogen-bond acceptors (Lipinski definition) is 4. The first-order chi connectivity index (χ1) is 12.5. The quantitative estimate of drug-likeness (QED) is 0.817. The molecule has 26 heavy (non-hydrogen) atoms. The summed E-state index contributed by atoms with van der Waals surface area (Å²) in [5.74, 6) is 0.774. The minimum Gasteiger partial charge on any atom is -0.492 e. The Labute approximate surface area is 156 Å². The van der Waals surface area contributed by atoms with Gasteiger partial charge in [0.05, 0.1) is 18.8 Å². The van der Waals surface area contributed by atoms with Gasteiger partial charge in [-0.15, -0.1) is 0 Å². The summed E-state index contributed by atoms with van der Waals surface area (Å²) in [6, 6.07) is 14.2. The number of benzene rings is 2. The van der Waals surface area contributed by atoms with E-state index < -0.39 is 6.10 Å². The van der Waals surface area contributed by atoms with E-state index in [0.717, 1.165) is 0 Å². The minimum absolute atomic E-state index is 0.135. The summed E-state index contributed by atoms with van der Waals surface area (Å²) in [6.07, 6.45) is -0.760. The van der Waals surface area contributed by atoms with Gasteiger partial charge in [0.15, 0.2) is 6.10 Å². The zero-order chi connectivity index (χ0) is 18.5. The summed E-state index contributed by atoms with van der Waals surface area (Å²) in [4.78, 5) is 25.8. The van der Waals surface area contributed by atoms with Crippen LogP contribution < -0.4 is 19.7 Å². The third-order valence-electron chi connectivity index (χ3n) is 3.93. The van der Waals surface area contributed by atoms with E-state index in [4.69, 9.17) is 21.1 Å². The highest BCUT2D eigenvalue weighted by atomic mass is 35.5. The molecule has 0 spiro atoms. The van der Waals surface area contributed by atoms with E-state index in [2.05, 4.69) is 5.32 Å². The summed E-state index contributed by atoms with van der Waals surface area (Å²) >= 11 is 5.82. The van der Waals surface area contributed by atoms with Crippen LogP contribution in [-0.4, -0.2) is 37.6 Å². The maximum atomic E-state index is 12.4. The van der Waals surface area contributed by atoms with Gasteiger partial charge in [-0.05, 0) is 36.4 Å². The number of rotatable bonds is 5. The second kappa shape index (κ2) is 8.10. The molecule has 136 valence electrons. The van der Waals surface area contributed by atoms with Crippen LogP contribution in [0.15, 0.2) is 48.5 Å². The first-order valence-corrected chi connectivity index (χ1v) is 8.62. The number of ether oxygens (including phenoxy) is 2. The Morgan fingerprint density at radius 1 is 1.23 bits per heavy atom. The molecule has 2 aromatic rings. The highest BCUT2D eigenvalue weighted by Crippen LogP contribution is 2.33. The molecule has 0 aromatic heterocycles. The molecular weight excluding hydrogens is 356 g/mol. The smallest absolute Gasteiger partial charge is 0.263 e. The Kier molecular flexibility index (Phi) is 5.63. The molecule has 1 aliphatic rings. The number of para-hydroxylation sites is 2. The third-order valence-corrected chi connectivity index (χ3v) is 4.18. The molecular formula is C19H19ClN2O4. The van der Waals surface area contributed by atoms with Crippen molar-refractivity contribution in [1.82, 2.24) is 5.32 Å². The average Bonchev–Trinajstić information content (AvgIpc) is 2.65. The molecule has 7 heteroatoms. The van der Waals surface area contributed by atoms with Crippen molar-refractivity contribution in [3.05, 3.63) is 53.6 Å².